The summed E-state index contributed by atoms with van der Waals surface area (Å²) in [6.45, 7) is 2.44. The van der Waals surface area contributed by atoms with Crippen molar-refractivity contribution in [3.8, 4) is 5.75 Å². The standard InChI is InChI=1S/C14H17FN2O2/c1-9-4-5-10(19-9)8-17(2)13-7-14(18-3)11(15)6-12(13)16/h4-7H,8,16H2,1-3H3. The molecule has 2 N–H and O–H groups in total. The van der Waals surface area contributed by atoms with Crippen molar-refractivity contribution in [3.05, 3.63) is 41.6 Å². The van der Waals surface area contributed by atoms with Crippen molar-refractivity contribution in [2.45, 2.75) is 13.5 Å². The molecule has 1 heterocycles. The van der Waals surface area contributed by atoms with E-state index in [9.17, 15) is 4.39 Å². The molecule has 0 aliphatic carbocycles. The van der Waals surface area contributed by atoms with Gasteiger partial charge >= 0.3 is 0 Å². The van der Waals surface area contributed by atoms with Gasteiger partial charge < -0.3 is 19.8 Å². The molecule has 2 rings (SSSR count). The van der Waals surface area contributed by atoms with Gasteiger partial charge in [-0.05, 0) is 19.1 Å². The molecule has 0 saturated carbocycles. The van der Waals surface area contributed by atoms with Crippen LogP contribution >= 0.6 is 0 Å². The first-order valence-corrected chi connectivity index (χ1v) is 5.90. The second kappa shape index (κ2) is 5.22. The molecule has 0 amide bonds. The summed E-state index contributed by atoms with van der Waals surface area (Å²) in [5.74, 6) is 1.38. The maximum Gasteiger partial charge on any atom is 0.167 e. The second-order valence-corrected chi connectivity index (χ2v) is 4.41. The Hall–Kier alpha value is -2.17. The van der Waals surface area contributed by atoms with Crippen LogP contribution in [0, 0.1) is 12.7 Å². The highest BCUT2D eigenvalue weighted by Crippen LogP contribution is 2.31. The molecule has 19 heavy (non-hydrogen) atoms. The number of nitrogen functional groups attached to an aromatic ring is 1. The molecule has 0 spiro atoms. The van der Waals surface area contributed by atoms with Gasteiger partial charge in [-0.25, -0.2) is 4.39 Å². The van der Waals surface area contributed by atoms with E-state index in [-0.39, 0.29) is 5.75 Å². The van der Waals surface area contributed by atoms with Crippen LogP contribution < -0.4 is 15.4 Å². The third kappa shape index (κ3) is 2.81. The van der Waals surface area contributed by atoms with Crippen molar-refractivity contribution in [3.63, 3.8) is 0 Å². The molecule has 1 aromatic carbocycles. The lowest BCUT2D eigenvalue weighted by molar-refractivity contribution is 0.386. The van der Waals surface area contributed by atoms with Gasteiger partial charge in [0.1, 0.15) is 11.5 Å². The lowest BCUT2D eigenvalue weighted by Crippen LogP contribution is -2.17. The molecule has 1 aromatic heterocycles. The SMILES string of the molecule is COc1cc(N(C)Cc2ccc(C)o2)c(N)cc1F. The first-order chi connectivity index (χ1) is 9.01. The predicted octanol–water partition coefficient (Wildman–Crippen LogP) is 2.95. The average Bonchev–Trinajstić information content (AvgIpc) is 2.74. The number of anilines is 2. The van der Waals surface area contributed by atoms with Crippen molar-refractivity contribution >= 4 is 11.4 Å². The van der Waals surface area contributed by atoms with Gasteiger partial charge in [-0.2, -0.15) is 0 Å². The van der Waals surface area contributed by atoms with E-state index in [1.165, 1.54) is 13.2 Å². The largest absolute Gasteiger partial charge is 0.494 e. The summed E-state index contributed by atoms with van der Waals surface area (Å²) in [5, 5.41) is 0. The molecule has 0 unspecified atom stereocenters. The number of hydrogen-bond donors (Lipinski definition) is 1. The van der Waals surface area contributed by atoms with E-state index in [4.69, 9.17) is 14.9 Å². The number of aryl methyl sites for hydroxylation is 1. The topological polar surface area (TPSA) is 51.6 Å². The molecule has 0 fully saturated rings. The van der Waals surface area contributed by atoms with Gasteiger partial charge in [0.2, 0.25) is 0 Å². The summed E-state index contributed by atoms with van der Waals surface area (Å²) in [6.07, 6.45) is 0. The third-order valence-electron chi connectivity index (χ3n) is 2.90. The normalized spacial score (nSPS) is 10.5. The molecule has 102 valence electrons. The third-order valence-corrected chi connectivity index (χ3v) is 2.90. The first-order valence-electron chi connectivity index (χ1n) is 5.90. The van der Waals surface area contributed by atoms with Crippen LogP contribution in [0.15, 0.2) is 28.7 Å². The summed E-state index contributed by atoms with van der Waals surface area (Å²) in [6, 6.07) is 6.65. The first kappa shape index (κ1) is 13.3. The Bertz CT molecular complexity index is 581. The number of nitrogens with zero attached hydrogens (tertiary/aromatic N) is 1. The number of nitrogens with two attached hydrogens (primary N) is 1. The molecular weight excluding hydrogens is 247 g/mol. The van der Waals surface area contributed by atoms with Gasteiger partial charge in [0, 0.05) is 19.2 Å². The fraction of sp³-hybridized carbons (Fsp3) is 0.286. The number of methoxy groups -OCH3 is 1. The van der Waals surface area contributed by atoms with Crippen LogP contribution in [-0.2, 0) is 6.54 Å². The number of furan rings is 1. The van der Waals surface area contributed by atoms with Crippen molar-refractivity contribution in [1.29, 1.82) is 0 Å². The molecule has 0 bridgehead atoms. The zero-order valence-electron chi connectivity index (χ0n) is 11.2. The van der Waals surface area contributed by atoms with E-state index >= 15 is 0 Å². The van der Waals surface area contributed by atoms with Crippen LogP contribution in [0.1, 0.15) is 11.5 Å². The molecule has 5 heteroatoms. The predicted molar refractivity (Wildman–Crippen MR) is 72.9 cm³/mol. The quantitative estimate of drug-likeness (QED) is 0.863. The van der Waals surface area contributed by atoms with Crippen LogP contribution in [0.2, 0.25) is 0 Å². The summed E-state index contributed by atoms with van der Waals surface area (Å²) in [5.41, 5.74) is 6.90. The molecule has 4 nitrogen and oxygen atoms in total. The number of rotatable bonds is 4. The van der Waals surface area contributed by atoms with Crippen LogP contribution in [-0.4, -0.2) is 14.2 Å². The van der Waals surface area contributed by atoms with Crippen LogP contribution in [0.5, 0.6) is 5.75 Å². The van der Waals surface area contributed by atoms with Crippen LogP contribution in [0.4, 0.5) is 15.8 Å². The molecule has 2 aromatic rings. The molecule has 0 aliphatic heterocycles. The average molecular weight is 264 g/mol. The number of ether oxygens (including phenoxy) is 1. The van der Waals surface area contributed by atoms with E-state index in [1.807, 2.05) is 31.0 Å². The fourth-order valence-electron chi connectivity index (χ4n) is 1.93. The highest BCUT2D eigenvalue weighted by atomic mass is 19.1. The van der Waals surface area contributed by atoms with Crippen LogP contribution in [0.25, 0.3) is 0 Å². The summed E-state index contributed by atoms with van der Waals surface area (Å²) < 4.78 is 24.0. The lowest BCUT2D eigenvalue weighted by Gasteiger charge is -2.20. The van der Waals surface area contributed by atoms with E-state index in [0.29, 0.717) is 17.9 Å². The van der Waals surface area contributed by atoms with Gasteiger partial charge in [-0.1, -0.05) is 0 Å². The highest BCUT2D eigenvalue weighted by Gasteiger charge is 2.13. The van der Waals surface area contributed by atoms with Gasteiger partial charge in [-0.15, -0.1) is 0 Å². The van der Waals surface area contributed by atoms with Crippen molar-refractivity contribution in [2.24, 2.45) is 0 Å². The number of halogens is 1. The van der Waals surface area contributed by atoms with E-state index in [1.54, 1.807) is 6.07 Å². The van der Waals surface area contributed by atoms with Gasteiger partial charge in [0.05, 0.1) is 25.0 Å². The van der Waals surface area contributed by atoms with Crippen molar-refractivity contribution in [1.82, 2.24) is 0 Å². The van der Waals surface area contributed by atoms with E-state index < -0.39 is 5.82 Å². The maximum atomic E-state index is 13.5. The second-order valence-electron chi connectivity index (χ2n) is 4.41. The molecular formula is C14H17FN2O2. The van der Waals surface area contributed by atoms with Gasteiger partial charge in [0.25, 0.3) is 0 Å². The van der Waals surface area contributed by atoms with Crippen LogP contribution in [0.3, 0.4) is 0 Å². The van der Waals surface area contributed by atoms with E-state index in [0.717, 1.165) is 11.5 Å². The Labute approximate surface area is 111 Å². The smallest absolute Gasteiger partial charge is 0.167 e. The maximum absolute atomic E-state index is 13.5. The molecule has 0 aliphatic rings. The van der Waals surface area contributed by atoms with Gasteiger partial charge in [-0.3, -0.25) is 0 Å². The molecule has 0 saturated heterocycles. The monoisotopic (exact) mass is 264 g/mol. The minimum absolute atomic E-state index is 0.173. The summed E-state index contributed by atoms with van der Waals surface area (Å²) >= 11 is 0. The Morgan fingerprint density at radius 1 is 1.37 bits per heavy atom. The van der Waals surface area contributed by atoms with E-state index in [2.05, 4.69) is 0 Å². The Balaban J connectivity index is 2.25. The summed E-state index contributed by atoms with van der Waals surface area (Å²) in [7, 11) is 3.29. The Kier molecular flexibility index (Phi) is 3.64. The number of benzene rings is 1. The molecule has 0 atom stereocenters. The van der Waals surface area contributed by atoms with Crippen molar-refractivity contribution < 1.29 is 13.5 Å². The molecule has 0 radical (unpaired) electrons. The fourth-order valence-corrected chi connectivity index (χ4v) is 1.93. The van der Waals surface area contributed by atoms with Gasteiger partial charge in [0.15, 0.2) is 11.6 Å². The Morgan fingerprint density at radius 3 is 2.68 bits per heavy atom. The zero-order chi connectivity index (χ0) is 14.0. The van der Waals surface area contributed by atoms with Crippen molar-refractivity contribution in [2.75, 3.05) is 24.8 Å². The lowest BCUT2D eigenvalue weighted by atomic mass is 10.2. The zero-order valence-corrected chi connectivity index (χ0v) is 11.2. The summed E-state index contributed by atoms with van der Waals surface area (Å²) in [4.78, 5) is 1.88. The number of hydrogen-bond acceptors (Lipinski definition) is 4. The minimum Gasteiger partial charge on any atom is -0.494 e. The minimum atomic E-state index is -0.467. The highest BCUT2D eigenvalue weighted by molar-refractivity contribution is 5.69. The Morgan fingerprint density at radius 2 is 2.11 bits per heavy atom.